The van der Waals surface area contributed by atoms with Crippen molar-refractivity contribution in [3.8, 4) is 11.5 Å². The molecule has 14 heteroatoms. The van der Waals surface area contributed by atoms with E-state index in [0.29, 0.717) is 119 Å². The SMILES string of the molecule is CCCCCCCCCCCCOCCOCCOCCOCCOC(=O)CCCCCCCCCCOc1ccc(C)cc1OCCCCCCCCCCC(=O)OCCOCCOCCOCCOCCCCCCCCCCCC. The van der Waals surface area contributed by atoms with Crippen LogP contribution in [0.15, 0.2) is 18.2 Å². The first-order chi connectivity index (χ1) is 41.1. The fourth-order valence-corrected chi connectivity index (χ4v) is 9.56. The molecule has 0 aliphatic rings. The van der Waals surface area contributed by atoms with E-state index in [-0.39, 0.29) is 25.2 Å². The molecular weight excluding hydrogens is 1050 g/mol. The van der Waals surface area contributed by atoms with Crippen molar-refractivity contribution in [2.75, 3.05) is 132 Å². The Bertz CT molecular complexity index is 1470. The van der Waals surface area contributed by atoms with Crippen LogP contribution in [0.1, 0.15) is 263 Å². The molecule has 1 aromatic carbocycles. The van der Waals surface area contributed by atoms with E-state index < -0.39 is 0 Å². The van der Waals surface area contributed by atoms with Crippen LogP contribution in [0.4, 0.5) is 0 Å². The summed E-state index contributed by atoms with van der Waals surface area (Å²) in [5, 5.41) is 0. The summed E-state index contributed by atoms with van der Waals surface area (Å²) in [4.78, 5) is 24.2. The Labute approximate surface area is 508 Å². The lowest BCUT2D eigenvalue weighted by atomic mass is 10.1. The quantitative estimate of drug-likeness (QED) is 0.0450. The Morgan fingerprint density at radius 1 is 0.265 bits per heavy atom. The summed E-state index contributed by atoms with van der Waals surface area (Å²) in [6.07, 6.45) is 45.2. The zero-order valence-corrected chi connectivity index (χ0v) is 54.0. The van der Waals surface area contributed by atoms with Gasteiger partial charge in [-0.25, -0.2) is 0 Å². The highest BCUT2D eigenvalue weighted by atomic mass is 16.6. The van der Waals surface area contributed by atoms with Crippen molar-refractivity contribution in [1.29, 1.82) is 0 Å². The smallest absolute Gasteiger partial charge is 0.305 e. The van der Waals surface area contributed by atoms with Crippen molar-refractivity contribution in [3.05, 3.63) is 23.8 Å². The second-order valence-electron chi connectivity index (χ2n) is 22.5. The molecule has 488 valence electrons. The largest absolute Gasteiger partial charge is 0.490 e. The molecule has 0 spiro atoms. The van der Waals surface area contributed by atoms with E-state index in [1.54, 1.807) is 0 Å². The minimum absolute atomic E-state index is 0.148. The summed E-state index contributed by atoms with van der Waals surface area (Å²) in [6.45, 7) is 17.5. The average molecular weight is 1180 g/mol. The molecule has 1 aromatic rings. The highest BCUT2D eigenvalue weighted by Gasteiger charge is 2.08. The highest BCUT2D eigenvalue weighted by Crippen LogP contribution is 2.29. The molecule has 0 saturated heterocycles. The standard InChI is InChI=1S/C69H128O14/c1-4-6-8-10-12-14-18-24-30-36-44-72-48-50-74-52-54-76-56-58-78-60-62-82-68(70)40-34-28-22-16-20-26-32-38-46-80-66-43-42-65(3)64-67(66)81-47-39-33-27-21-17-23-29-35-41-69(71)83-63-61-79-59-57-77-55-53-75-51-49-73-45-37-31-25-19-15-13-11-9-7-5-2/h42-43,64H,4-41,44-63H2,1-3H3. The molecular formula is C69H128O14. The molecule has 0 aliphatic heterocycles. The van der Waals surface area contributed by atoms with E-state index in [2.05, 4.69) is 32.9 Å². The predicted molar refractivity (Wildman–Crippen MR) is 337 cm³/mol. The molecule has 0 aromatic heterocycles. The van der Waals surface area contributed by atoms with Gasteiger partial charge in [-0.05, 0) is 63.1 Å². The van der Waals surface area contributed by atoms with E-state index in [1.807, 2.05) is 6.07 Å². The van der Waals surface area contributed by atoms with Crippen LogP contribution in [0.5, 0.6) is 11.5 Å². The van der Waals surface area contributed by atoms with E-state index in [9.17, 15) is 9.59 Å². The Hall–Kier alpha value is -2.56. The van der Waals surface area contributed by atoms with Gasteiger partial charge in [0.1, 0.15) is 13.2 Å². The second kappa shape index (κ2) is 67.0. The van der Waals surface area contributed by atoms with Gasteiger partial charge in [0.15, 0.2) is 11.5 Å². The van der Waals surface area contributed by atoms with Crippen LogP contribution in [-0.4, -0.2) is 144 Å². The number of hydrogen-bond acceptors (Lipinski definition) is 14. The summed E-state index contributed by atoms with van der Waals surface area (Å²) < 4.78 is 67.7. The van der Waals surface area contributed by atoms with Crippen molar-refractivity contribution in [1.82, 2.24) is 0 Å². The van der Waals surface area contributed by atoms with Crippen LogP contribution in [0.2, 0.25) is 0 Å². The number of carbonyl (C=O) groups is 2. The minimum atomic E-state index is -0.148. The molecule has 0 fully saturated rings. The molecule has 0 amide bonds. The van der Waals surface area contributed by atoms with Gasteiger partial charge in [-0.3, -0.25) is 9.59 Å². The maximum atomic E-state index is 12.1. The molecule has 0 N–H and O–H groups in total. The fraction of sp³-hybridized carbons (Fsp3) is 0.884. The lowest BCUT2D eigenvalue weighted by Gasteiger charge is -2.13. The van der Waals surface area contributed by atoms with Crippen LogP contribution in [0, 0.1) is 6.92 Å². The van der Waals surface area contributed by atoms with Crippen molar-refractivity contribution in [2.45, 2.75) is 265 Å². The monoisotopic (exact) mass is 1180 g/mol. The highest BCUT2D eigenvalue weighted by molar-refractivity contribution is 5.69. The van der Waals surface area contributed by atoms with Gasteiger partial charge in [-0.2, -0.15) is 0 Å². The number of aryl methyl sites for hydroxylation is 1. The maximum absolute atomic E-state index is 12.1. The summed E-state index contributed by atoms with van der Waals surface area (Å²) in [6, 6.07) is 6.19. The van der Waals surface area contributed by atoms with Crippen molar-refractivity contribution < 1.29 is 66.4 Å². The van der Waals surface area contributed by atoms with E-state index in [0.717, 1.165) is 102 Å². The molecule has 0 aliphatic carbocycles. The molecule has 0 atom stereocenters. The third-order valence-electron chi connectivity index (χ3n) is 14.7. The third kappa shape index (κ3) is 60.9. The number of hydrogen-bond donors (Lipinski definition) is 0. The van der Waals surface area contributed by atoms with Gasteiger partial charge in [0, 0.05) is 26.1 Å². The third-order valence-corrected chi connectivity index (χ3v) is 14.7. The molecule has 0 bridgehead atoms. The van der Waals surface area contributed by atoms with Crippen LogP contribution < -0.4 is 9.47 Å². The molecule has 83 heavy (non-hydrogen) atoms. The van der Waals surface area contributed by atoms with Gasteiger partial charge in [-0.15, -0.1) is 0 Å². The molecule has 14 nitrogen and oxygen atoms in total. The number of ether oxygens (including phenoxy) is 12. The van der Waals surface area contributed by atoms with Crippen molar-refractivity contribution in [2.24, 2.45) is 0 Å². The van der Waals surface area contributed by atoms with Crippen molar-refractivity contribution >= 4 is 11.9 Å². The van der Waals surface area contributed by atoms with Gasteiger partial charge < -0.3 is 56.8 Å². The number of benzene rings is 1. The first-order valence-electron chi connectivity index (χ1n) is 34.4. The lowest BCUT2D eigenvalue weighted by molar-refractivity contribution is -0.146. The average Bonchev–Trinajstić information content (AvgIpc) is 3.56. The topological polar surface area (TPSA) is 145 Å². The number of unbranched alkanes of at least 4 members (excludes halogenated alkanes) is 32. The Balaban J connectivity index is 1.82. The summed E-state index contributed by atoms with van der Waals surface area (Å²) >= 11 is 0. The van der Waals surface area contributed by atoms with Gasteiger partial charge in [-0.1, -0.05) is 213 Å². The zero-order chi connectivity index (χ0) is 59.5. The number of esters is 2. The van der Waals surface area contributed by atoms with Crippen LogP contribution in [0.3, 0.4) is 0 Å². The number of rotatable bonds is 70. The van der Waals surface area contributed by atoms with E-state index >= 15 is 0 Å². The van der Waals surface area contributed by atoms with Crippen LogP contribution in [0.25, 0.3) is 0 Å². The van der Waals surface area contributed by atoms with Crippen LogP contribution >= 0.6 is 0 Å². The molecule has 0 radical (unpaired) electrons. The maximum Gasteiger partial charge on any atom is 0.305 e. The summed E-state index contributed by atoms with van der Waals surface area (Å²) in [5.74, 6) is 1.37. The molecule has 0 unspecified atom stereocenters. The number of carbonyl (C=O) groups excluding carboxylic acids is 2. The minimum Gasteiger partial charge on any atom is -0.490 e. The predicted octanol–water partition coefficient (Wildman–Crippen LogP) is 16.8. The van der Waals surface area contributed by atoms with Gasteiger partial charge in [0.25, 0.3) is 0 Å². The lowest BCUT2D eigenvalue weighted by Crippen LogP contribution is -2.14. The zero-order valence-electron chi connectivity index (χ0n) is 54.0. The molecule has 1 rings (SSSR count). The van der Waals surface area contributed by atoms with E-state index in [4.69, 9.17) is 56.8 Å². The normalized spacial score (nSPS) is 11.5. The Kier molecular flexibility index (Phi) is 63.3. The summed E-state index contributed by atoms with van der Waals surface area (Å²) in [7, 11) is 0. The summed E-state index contributed by atoms with van der Waals surface area (Å²) in [5.41, 5.74) is 1.17. The van der Waals surface area contributed by atoms with Crippen molar-refractivity contribution in [3.63, 3.8) is 0 Å². The van der Waals surface area contributed by atoms with E-state index in [1.165, 1.54) is 160 Å². The Morgan fingerprint density at radius 3 is 0.819 bits per heavy atom. The first-order valence-corrected chi connectivity index (χ1v) is 34.4. The first kappa shape index (κ1) is 78.5. The van der Waals surface area contributed by atoms with Crippen LogP contribution in [-0.2, 0) is 57.0 Å². The van der Waals surface area contributed by atoms with Gasteiger partial charge >= 0.3 is 11.9 Å². The molecule has 0 heterocycles. The van der Waals surface area contributed by atoms with Gasteiger partial charge in [0.2, 0.25) is 0 Å². The fourth-order valence-electron chi connectivity index (χ4n) is 9.56. The second-order valence-corrected chi connectivity index (χ2v) is 22.5. The molecule has 0 saturated carbocycles. The van der Waals surface area contributed by atoms with Gasteiger partial charge in [0.05, 0.1) is 106 Å². The Morgan fingerprint density at radius 2 is 0.506 bits per heavy atom.